The maximum atomic E-state index is 12.6. The van der Waals surface area contributed by atoms with Crippen LogP contribution in [0.1, 0.15) is 33.1 Å². The van der Waals surface area contributed by atoms with Crippen LogP contribution in [0.15, 0.2) is 23.4 Å². The zero-order chi connectivity index (χ0) is 14.8. The van der Waals surface area contributed by atoms with Gasteiger partial charge in [0.25, 0.3) is 10.0 Å². The minimum Gasteiger partial charge on any atom is -0.321 e. The van der Waals surface area contributed by atoms with Gasteiger partial charge < -0.3 is 5.43 Å². The first kappa shape index (κ1) is 15.2. The largest absolute Gasteiger partial charge is 0.321 e. The first-order chi connectivity index (χ1) is 9.43. The van der Waals surface area contributed by atoms with Gasteiger partial charge in [0.1, 0.15) is 0 Å². The summed E-state index contributed by atoms with van der Waals surface area (Å²) in [6.45, 7) is 5.43. The van der Waals surface area contributed by atoms with Crippen LogP contribution in [-0.2, 0) is 10.0 Å². The standard InChI is InChI=1S/C13H22N4O2S/c1-3-13(2)6-9-17(10-7-13)20(18,19)12-11(16-14)5-4-8-15-12/h4-5,8,16H,3,6-7,9-10,14H2,1-2H3. The van der Waals surface area contributed by atoms with E-state index in [1.807, 2.05) is 0 Å². The van der Waals surface area contributed by atoms with Gasteiger partial charge in [-0.05, 0) is 30.4 Å². The first-order valence-corrected chi connectivity index (χ1v) is 8.29. The molecule has 112 valence electrons. The Labute approximate surface area is 120 Å². The van der Waals surface area contributed by atoms with Crippen LogP contribution in [0, 0.1) is 5.41 Å². The van der Waals surface area contributed by atoms with Crippen molar-refractivity contribution in [3.05, 3.63) is 18.3 Å². The molecule has 0 radical (unpaired) electrons. The second-order valence-electron chi connectivity index (χ2n) is 5.57. The highest BCUT2D eigenvalue weighted by Crippen LogP contribution is 2.36. The van der Waals surface area contributed by atoms with Crippen molar-refractivity contribution in [2.75, 3.05) is 18.5 Å². The summed E-state index contributed by atoms with van der Waals surface area (Å²) in [6, 6.07) is 3.26. The number of sulfonamides is 1. The second kappa shape index (κ2) is 5.67. The Morgan fingerprint density at radius 2 is 2.10 bits per heavy atom. The zero-order valence-electron chi connectivity index (χ0n) is 12.0. The number of hydrazine groups is 1. The number of anilines is 1. The Hall–Kier alpha value is -1.18. The number of nitrogen functional groups attached to an aromatic ring is 1. The number of piperidine rings is 1. The van der Waals surface area contributed by atoms with Crippen molar-refractivity contribution in [1.29, 1.82) is 0 Å². The number of nitrogens with zero attached hydrogens (tertiary/aromatic N) is 2. The van der Waals surface area contributed by atoms with E-state index in [1.165, 1.54) is 10.5 Å². The molecule has 0 unspecified atom stereocenters. The lowest BCUT2D eigenvalue weighted by Gasteiger charge is -2.38. The van der Waals surface area contributed by atoms with Crippen molar-refractivity contribution in [3.63, 3.8) is 0 Å². The fraction of sp³-hybridized carbons (Fsp3) is 0.615. The normalized spacial score (nSPS) is 19.8. The van der Waals surface area contributed by atoms with E-state index in [0.29, 0.717) is 18.8 Å². The average Bonchev–Trinajstić information content (AvgIpc) is 2.47. The molecule has 0 spiro atoms. The molecule has 1 fully saturated rings. The molecule has 0 bridgehead atoms. The van der Waals surface area contributed by atoms with Gasteiger partial charge in [0, 0.05) is 19.3 Å². The molecule has 0 amide bonds. The molecule has 1 saturated heterocycles. The van der Waals surface area contributed by atoms with Gasteiger partial charge in [-0.25, -0.2) is 13.4 Å². The van der Waals surface area contributed by atoms with Crippen molar-refractivity contribution < 1.29 is 8.42 Å². The molecule has 0 atom stereocenters. The maximum Gasteiger partial charge on any atom is 0.262 e. The van der Waals surface area contributed by atoms with Crippen molar-refractivity contribution >= 4 is 15.7 Å². The molecule has 6 nitrogen and oxygen atoms in total. The van der Waals surface area contributed by atoms with Crippen molar-refractivity contribution in [2.45, 2.75) is 38.1 Å². The number of nitrogens with one attached hydrogen (secondary N) is 1. The van der Waals surface area contributed by atoms with Gasteiger partial charge in [-0.15, -0.1) is 0 Å². The third-order valence-corrected chi connectivity index (χ3v) is 6.15. The summed E-state index contributed by atoms with van der Waals surface area (Å²) >= 11 is 0. The van der Waals surface area contributed by atoms with E-state index in [4.69, 9.17) is 5.84 Å². The Bertz CT molecular complexity index is 565. The highest BCUT2D eigenvalue weighted by molar-refractivity contribution is 7.89. The van der Waals surface area contributed by atoms with Crippen molar-refractivity contribution in [1.82, 2.24) is 9.29 Å². The van der Waals surface area contributed by atoms with Crippen LogP contribution in [0.25, 0.3) is 0 Å². The maximum absolute atomic E-state index is 12.6. The lowest BCUT2D eigenvalue weighted by molar-refractivity contribution is 0.168. The molecule has 1 aliphatic rings. The summed E-state index contributed by atoms with van der Waals surface area (Å²) in [5, 5.41) is 0.00241. The molecule has 7 heteroatoms. The molecule has 0 aliphatic carbocycles. The molecule has 3 N–H and O–H groups in total. The zero-order valence-corrected chi connectivity index (χ0v) is 12.8. The summed E-state index contributed by atoms with van der Waals surface area (Å²) in [5.41, 5.74) is 2.97. The number of hydrogen-bond donors (Lipinski definition) is 2. The Morgan fingerprint density at radius 1 is 1.45 bits per heavy atom. The minimum atomic E-state index is -3.58. The second-order valence-corrected chi connectivity index (χ2v) is 7.42. The van der Waals surface area contributed by atoms with Crippen LogP contribution in [0.2, 0.25) is 0 Å². The first-order valence-electron chi connectivity index (χ1n) is 6.85. The van der Waals surface area contributed by atoms with E-state index >= 15 is 0 Å². The molecule has 1 aromatic rings. The van der Waals surface area contributed by atoms with Crippen LogP contribution in [0.3, 0.4) is 0 Å². The molecule has 1 aliphatic heterocycles. The molecular weight excluding hydrogens is 276 g/mol. The monoisotopic (exact) mass is 298 g/mol. The lowest BCUT2D eigenvalue weighted by atomic mass is 9.79. The minimum absolute atomic E-state index is 0.00241. The van der Waals surface area contributed by atoms with E-state index in [2.05, 4.69) is 24.3 Å². The average molecular weight is 298 g/mol. The SMILES string of the molecule is CCC1(C)CCN(S(=O)(=O)c2ncccc2NN)CC1. The van der Waals surface area contributed by atoms with Gasteiger partial charge in [-0.2, -0.15) is 4.31 Å². The number of aromatic nitrogens is 1. The molecule has 2 rings (SSSR count). The Morgan fingerprint density at radius 3 is 2.65 bits per heavy atom. The topological polar surface area (TPSA) is 88.3 Å². The van der Waals surface area contributed by atoms with Gasteiger partial charge in [-0.3, -0.25) is 5.84 Å². The summed E-state index contributed by atoms with van der Waals surface area (Å²) < 4.78 is 26.8. The van der Waals surface area contributed by atoms with E-state index < -0.39 is 10.0 Å². The summed E-state index contributed by atoms with van der Waals surface area (Å²) in [7, 11) is -3.58. The van der Waals surface area contributed by atoms with Gasteiger partial charge in [0.05, 0.1) is 5.69 Å². The molecule has 0 saturated carbocycles. The Kier molecular flexibility index (Phi) is 4.31. The van der Waals surface area contributed by atoms with Crippen LogP contribution >= 0.6 is 0 Å². The fourth-order valence-corrected chi connectivity index (χ4v) is 3.96. The van der Waals surface area contributed by atoms with Gasteiger partial charge >= 0.3 is 0 Å². The number of nitrogens with two attached hydrogens (primary N) is 1. The van der Waals surface area contributed by atoms with Crippen molar-refractivity contribution in [3.8, 4) is 0 Å². The van der Waals surface area contributed by atoms with Crippen molar-refractivity contribution in [2.24, 2.45) is 11.3 Å². The van der Waals surface area contributed by atoms with Gasteiger partial charge in [-0.1, -0.05) is 20.3 Å². The van der Waals surface area contributed by atoms with E-state index in [1.54, 1.807) is 12.1 Å². The molecule has 1 aromatic heterocycles. The van der Waals surface area contributed by atoms with E-state index in [9.17, 15) is 8.42 Å². The van der Waals surface area contributed by atoms with E-state index in [0.717, 1.165) is 19.3 Å². The number of rotatable bonds is 4. The molecule has 2 heterocycles. The van der Waals surface area contributed by atoms with Gasteiger partial charge in [0.15, 0.2) is 5.03 Å². The van der Waals surface area contributed by atoms with E-state index in [-0.39, 0.29) is 10.4 Å². The third-order valence-electron chi connectivity index (χ3n) is 4.29. The number of pyridine rings is 1. The highest BCUT2D eigenvalue weighted by Gasteiger charge is 2.35. The van der Waals surface area contributed by atoms with Gasteiger partial charge in [0.2, 0.25) is 0 Å². The quantitative estimate of drug-likeness (QED) is 0.650. The molecule has 0 aromatic carbocycles. The predicted molar refractivity (Wildman–Crippen MR) is 78.4 cm³/mol. The summed E-state index contributed by atoms with van der Waals surface area (Å²) in [4.78, 5) is 3.98. The summed E-state index contributed by atoms with van der Waals surface area (Å²) in [6.07, 6.45) is 4.29. The Balaban J connectivity index is 2.24. The predicted octanol–water partition coefficient (Wildman–Crippen LogP) is 1.57. The van der Waals surface area contributed by atoms with Crippen LogP contribution in [0.5, 0.6) is 0 Å². The molecule has 20 heavy (non-hydrogen) atoms. The summed E-state index contributed by atoms with van der Waals surface area (Å²) in [5.74, 6) is 5.37. The number of hydrogen-bond acceptors (Lipinski definition) is 5. The van der Waals surface area contributed by atoms with Crippen LogP contribution in [0.4, 0.5) is 5.69 Å². The highest BCUT2D eigenvalue weighted by atomic mass is 32.2. The lowest BCUT2D eigenvalue weighted by Crippen LogP contribution is -2.42. The fourth-order valence-electron chi connectivity index (χ4n) is 2.45. The smallest absolute Gasteiger partial charge is 0.262 e. The molecular formula is C13H22N4O2S. The third kappa shape index (κ3) is 2.79. The van der Waals surface area contributed by atoms with Crippen LogP contribution < -0.4 is 11.3 Å². The van der Waals surface area contributed by atoms with Crippen LogP contribution in [-0.4, -0.2) is 30.8 Å².